The quantitative estimate of drug-likeness (QED) is 0.286. The number of thiocarbonyl (C=S) groups is 1. The lowest BCUT2D eigenvalue weighted by atomic mass is 10.1. The largest absolute Gasteiger partial charge is 0.465 e. The van der Waals surface area contributed by atoms with E-state index in [0.717, 1.165) is 27.1 Å². The second kappa shape index (κ2) is 10.1. The summed E-state index contributed by atoms with van der Waals surface area (Å²) in [5.74, 6) is -0.437. The first-order valence-corrected chi connectivity index (χ1v) is 13.1. The Kier molecular flexibility index (Phi) is 7.64. The van der Waals surface area contributed by atoms with Gasteiger partial charge < -0.3 is 15.4 Å². The molecule has 0 unspecified atom stereocenters. The summed E-state index contributed by atoms with van der Waals surface area (Å²) in [6.45, 7) is 9.50. The Morgan fingerprint density at radius 1 is 0.971 bits per heavy atom. The molecule has 0 aliphatic heterocycles. The van der Waals surface area contributed by atoms with Crippen LogP contribution in [0.15, 0.2) is 41.3 Å². The number of carbonyl (C=O) groups is 1. The van der Waals surface area contributed by atoms with Crippen molar-refractivity contribution in [2.24, 2.45) is 0 Å². The highest BCUT2D eigenvalue weighted by Gasteiger charge is 2.21. The zero-order chi connectivity index (χ0) is 25.2. The average molecular weight is 518 g/mol. The maximum Gasteiger partial charge on any atom is 0.341 e. The number of benzene rings is 2. The van der Waals surface area contributed by atoms with Gasteiger partial charge in [-0.05, 0) is 87.8 Å². The van der Waals surface area contributed by atoms with E-state index < -0.39 is 16.0 Å². The van der Waals surface area contributed by atoms with E-state index >= 15 is 0 Å². The minimum absolute atomic E-state index is 0.133. The second-order valence-electron chi connectivity index (χ2n) is 7.96. The Morgan fingerprint density at radius 3 is 2.12 bits per heavy atom. The summed E-state index contributed by atoms with van der Waals surface area (Å²) in [4.78, 5) is 13.3. The number of esters is 1. The summed E-state index contributed by atoms with van der Waals surface area (Å²) in [5, 5.41) is 6.91. The van der Waals surface area contributed by atoms with E-state index in [4.69, 9.17) is 17.0 Å². The first-order valence-electron chi connectivity index (χ1n) is 10.4. The fraction of sp³-hybridized carbons (Fsp3) is 0.250. The fourth-order valence-corrected chi connectivity index (χ4v) is 6.12. The molecule has 0 saturated heterocycles. The van der Waals surface area contributed by atoms with Gasteiger partial charge in [0.1, 0.15) is 5.00 Å². The SMILES string of the molecule is COC(=O)c1c(NC(=S)Nc2ccc(S(=O)(=O)Nc3c(C)cc(C)cc3C)cc2)sc(C)c1C. The Bertz CT molecular complexity index is 1340. The molecule has 3 N–H and O–H groups in total. The van der Waals surface area contributed by atoms with Crippen molar-refractivity contribution in [2.45, 2.75) is 39.5 Å². The van der Waals surface area contributed by atoms with Gasteiger partial charge in [-0.25, -0.2) is 13.2 Å². The summed E-state index contributed by atoms with van der Waals surface area (Å²) in [6, 6.07) is 10.1. The first-order chi connectivity index (χ1) is 15.9. The summed E-state index contributed by atoms with van der Waals surface area (Å²) in [7, 11) is -2.43. The average Bonchev–Trinajstić information content (AvgIpc) is 3.03. The van der Waals surface area contributed by atoms with E-state index in [1.54, 1.807) is 12.1 Å². The number of hydrogen-bond acceptors (Lipinski definition) is 6. The van der Waals surface area contributed by atoms with Crippen LogP contribution in [0.25, 0.3) is 0 Å². The van der Waals surface area contributed by atoms with E-state index in [1.165, 1.54) is 30.6 Å². The highest BCUT2D eigenvalue weighted by Crippen LogP contribution is 2.33. The molecule has 0 aliphatic carbocycles. The van der Waals surface area contributed by atoms with Crippen LogP contribution in [0, 0.1) is 34.6 Å². The standard InChI is InChI=1S/C24H27N3O4S3/c1-13-11-14(2)21(15(3)12-13)27-34(29,30)19-9-7-18(8-10-19)25-24(32)26-22-20(23(28)31-6)16(4)17(5)33-22/h7-12,27H,1-6H3,(H2,25,26,32). The van der Waals surface area contributed by atoms with Crippen LogP contribution in [0.5, 0.6) is 0 Å². The van der Waals surface area contributed by atoms with Crippen molar-refractivity contribution in [3.8, 4) is 0 Å². The maximum absolute atomic E-state index is 12.9. The highest BCUT2D eigenvalue weighted by atomic mass is 32.2. The molecular formula is C24H27N3O4S3. The Morgan fingerprint density at radius 2 is 1.56 bits per heavy atom. The van der Waals surface area contributed by atoms with Gasteiger partial charge in [0.2, 0.25) is 0 Å². The van der Waals surface area contributed by atoms with Gasteiger partial charge >= 0.3 is 5.97 Å². The number of sulfonamides is 1. The van der Waals surface area contributed by atoms with Crippen molar-refractivity contribution in [3.63, 3.8) is 0 Å². The van der Waals surface area contributed by atoms with Crippen molar-refractivity contribution < 1.29 is 17.9 Å². The predicted molar refractivity (Wildman–Crippen MR) is 143 cm³/mol. The molecule has 0 amide bonds. The molecule has 10 heteroatoms. The number of hydrogen-bond donors (Lipinski definition) is 3. The molecule has 1 heterocycles. The van der Waals surface area contributed by atoms with Crippen LogP contribution in [0.1, 0.15) is 37.5 Å². The van der Waals surface area contributed by atoms with Gasteiger partial charge in [-0.2, -0.15) is 0 Å². The van der Waals surface area contributed by atoms with Crippen molar-refractivity contribution >= 4 is 61.0 Å². The van der Waals surface area contributed by atoms with Crippen molar-refractivity contribution in [2.75, 3.05) is 22.5 Å². The van der Waals surface area contributed by atoms with Crippen LogP contribution >= 0.6 is 23.6 Å². The van der Waals surface area contributed by atoms with Gasteiger partial charge in [0.25, 0.3) is 10.0 Å². The summed E-state index contributed by atoms with van der Waals surface area (Å²) in [5.41, 5.74) is 5.27. The molecule has 0 atom stereocenters. The van der Waals surface area contributed by atoms with Crippen molar-refractivity contribution in [3.05, 3.63) is 69.1 Å². The predicted octanol–water partition coefficient (Wildman–Crippen LogP) is 5.69. The lowest BCUT2D eigenvalue weighted by Gasteiger charge is -2.15. The molecule has 0 radical (unpaired) electrons. The third-order valence-electron chi connectivity index (χ3n) is 5.34. The number of anilines is 3. The lowest BCUT2D eigenvalue weighted by Crippen LogP contribution is -2.20. The highest BCUT2D eigenvalue weighted by molar-refractivity contribution is 7.92. The molecule has 1 aromatic heterocycles. The Hall–Kier alpha value is -2.95. The van der Waals surface area contributed by atoms with Crippen LogP contribution in [0.4, 0.5) is 16.4 Å². The number of rotatable bonds is 6. The smallest absolute Gasteiger partial charge is 0.341 e. The van der Waals surface area contributed by atoms with Gasteiger partial charge in [0.05, 0.1) is 23.3 Å². The summed E-state index contributed by atoms with van der Waals surface area (Å²) >= 11 is 6.79. The number of carbonyl (C=O) groups excluding carboxylic acids is 1. The van der Waals surface area contributed by atoms with Crippen molar-refractivity contribution in [1.82, 2.24) is 0 Å². The summed E-state index contributed by atoms with van der Waals surface area (Å²) in [6.07, 6.45) is 0. The molecule has 0 bridgehead atoms. The topological polar surface area (TPSA) is 96.5 Å². The number of nitrogens with one attached hydrogen (secondary N) is 3. The third kappa shape index (κ3) is 5.57. The molecule has 0 saturated carbocycles. The van der Waals surface area contributed by atoms with E-state index in [9.17, 15) is 13.2 Å². The van der Waals surface area contributed by atoms with E-state index in [1.807, 2.05) is 46.8 Å². The van der Waals surface area contributed by atoms with Crippen LogP contribution in [0.2, 0.25) is 0 Å². The van der Waals surface area contributed by atoms with E-state index in [2.05, 4.69) is 15.4 Å². The fourth-order valence-electron chi connectivity index (χ4n) is 3.58. The van der Waals surface area contributed by atoms with E-state index in [-0.39, 0.29) is 10.0 Å². The van der Waals surface area contributed by atoms with Gasteiger partial charge in [-0.1, -0.05) is 17.7 Å². The van der Waals surface area contributed by atoms with Crippen LogP contribution < -0.4 is 15.4 Å². The molecule has 3 rings (SSSR count). The molecule has 2 aromatic carbocycles. The molecule has 7 nitrogen and oxygen atoms in total. The van der Waals surface area contributed by atoms with Gasteiger partial charge in [-0.3, -0.25) is 4.72 Å². The number of methoxy groups -OCH3 is 1. The minimum atomic E-state index is -3.76. The monoisotopic (exact) mass is 517 g/mol. The molecule has 180 valence electrons. The van der Waals surface area contributed by atoms with Gasteiger partial charge in [-0.15, -0.1) is 11.3 Å². The maximum atomic E-state index is 12.9. The Labute approximate surface area is 209 Å². The van der Waals surface area contributed by atoms with Gasteiger partial charge in [0, 0.05) is 10.6 Å². The van der Waals surface area contributed by atoms with Crippen LogP contribution in [-0.4, -0.2) is 26.6 Å². The zero-order valence-electron chi connectivity index (χ0n) is 19.8. The third-order valence-corrected chi connectivity index (χ3v) is 8.03. The number of aryl methyl sites for hydroxylation is 4. The van der Waals surface area contributed by atoms with Gasteiger partial charge in [0.15, 0.2) is 5.11 Å². The van der Waals surface area contributed by atoms with Crippen LogP contribution in [-0.2, 0) is 14.8 Å². The molecule has 0 spiro atoms. The number of ether oxygens (including phenoxy) is 1. The first kappa shape index (κ1) is 25.7. The van der Waals surface area contributed by atoms with Crippen LogP contribution in [0.3, 0.4) is 0 Å². The molecule has 34 heavy (non-hydrogen) atoms. The second-order valence-corrected chi connectivity index (χ2v) is 11.3. The number of thiophene rings is 1. The molecule has 3 aromatic rings. The molecule has 0 fully saturated rings. The normalized spacial score (nSPS) is 11.1. The molecular weight excluding hydrogens is 490 g/mol. The summed E-state index contributed by atoms with van der Waals surface area (Å²) < 4.78 is 33.4. The van der Waals surface area contributed by atoms with Crippen molar-refractivity contribution in [1.29, 1.82) is 0 Å². The molecule has 0 aliphatic rings. The van der Waals surface area contributed by atoms with E-state index in [0.29, 0.717) is 21.9 Å². The zero-order valence-corrected chi connectivity index (χ0v) is 22.3. The lowest BCUT2D eigenvalue weighted by molar-refractivity contribution is 0.0601. The minimum Gasteiger partial charge on any atom is -0.465 e. The Balaban J connectivity index is 1.74.